The van der Waals surface area contributed by atoms with Crippen LogP contribution in [0.3, 0.4) is 0 Å². The maximum absolute atomic E-state index is 12.0. The lowest BCUT2D eigenvalue weighted by molar-refractivity contribution is -0.120. The fourth-order valence-electron chi connectivity index (χ4n) is 2.12. The molecular formula is C11H16BrN3O. The van der Waals surface area contributed by atoms with Crippen molar-refractivity contribution in [2.75, 3.05) is 6.54 Å². The van der Waals surface area contributed by atoms with Gasteiger partial charge in [0, 0.05) is 7.05 Å². The van der Waals surface area contributed by atoms with Crippen LogP contribution in [0.25, 0.3) is 0 Å². The van der Waals surface area contributed by atoms with Crippen LogP contribution in [0.2, 0.25) is 0 Å². The highest BCUT2D eigenvalue weighted by molar-refractivity contribution is 9.10. The van der Waals surface area contributed by atoms with E-state index in [1.807, 2.05) is 14.0 Å². The first kappa shape index (κ1) is 11.8. The van der Waals surface area contributed by atoms with Crippen LogP contribution in [0, 0.1) is 6.92 Å². The zero-order valence-electron chi connectivity index (χ0n) is 9.59. The molecule has 1 aliphatic heterocycles. The summed E-state index contributed by atoms with van der Waals surface area (Å²) in [4.78, 5) is 12.0. The van der Waals surface area contributed by atoms with Gasteiger partial charge in [0.25, 0.3) is 0 Å². The predicted octanol–water partition coefficient (Wildman–Crippen LogP) is 1.35. The number of aryl methyl sites for hydroxylation is 2. The highest BCUT2D eigenvalue weighted by Gasteiger charge is 2.24. The fraction of sp³-hybridized carbons (Fsp3) is 0.636. The Hall–Kier alpha value is -0.680. The SMILES string of the molecule is Cc1nn(C)c(CC(=O)C2CCCN2)c1Br. The Kier molecular flexibility index (Phi) is 3.44. The zero-order chi connectivity index (χ0) is 11.7. The van der Waals surface area contributed by atoms with Crippen LogP contribution < -0.4 is 5.32 Å². The lowest BCUT2D eigenvalue weighted by atomic mass is 10.1. The van der Waals surface area contributed by atoms with Crippen LogP contribution in [-0.2, 0) is 18.3 Å². The van der Waals surface area contributed by atoms with E-state index in [1.165, 1.54) is 0 Å². The molecule has 1 aromatic heterocycles. The number of nitrogens with zero attached hydrogens (tertiary/aromatic N) is 2. The van der Waals surface area contributed by atoms with Gasteiger partial charge in [-0.2, -0.15) is 5.10 Å². The van der Waals surface area contributed by atoms with Gasteiger partial charge in [-0.1, -0.05) is 0 Å². The third-order valence-electron chi connectivity index (χ3n) is 3.05. The lowest BCUT2D eigenvalue weighted by Crippen LogP contribution is -2.32. The van der Waals surface area contributed by atoms with Crippen LogP contribution in [0.1, 0.15) is 24.2 Å². The Balaban J connectivity index is 2.11. The molecule has 2 rings (SSSR count). The van der Waals surface area contributed by atoms with E-state index in [0.29, 0.717) is 6.42 Å². The largest absolute Gasteiger partial charge is 0.307 e. The van der Waals surface area contributed by atoms with Gasteiger partial charge >= 0.3 is 0 Å². The van der Waals surface area contributed by atoms with Gasteiger partial charge in [-0.25, -0.2) is 0 Å². The second-order valence-electron chi connectivity index (χ2n) is 4.26. The Morgan fingerprint density at radius 2 is 2.44 bits per heavy atom. The summed E-state index contributed by atoms with van der Waals surface area (Å²) in [6.45, 7) is 2.90. The Morgan fingerprint density at radius 1 is 1.69 bits per heavy atom. The monoisotopic (exact) mass is 285 g/mol. The summed E-state index contributed by atoms with van der Waals surface area (Å²) in [6.07, 6.45) is 2.52. The van der Waals surface area contributed by atoms with Gasteiger partial charge in [0.1, 0.15) is 0 Å². The van der Waals surface area contributed by atoms with Crippen LogP contribution >= 0.6 is 15.9 Å². The van der Waals surface area contributed by atoms with Crippen LogP contribution in [0.5, 0.6) is 0 Å². The molecule has 4 nitrogen and oxygen atoms in total. The van der Waals surface area contributed by atoms with E-state index in [2.05, 4.69) is 26.3 Å². The number of carbonyl (C=O) groups excluding carboxylic acids is 1. The molecule has 0 aromatic carbocycles. The summed E-state index contributed by atoms with van der Waals surface area (Å²) in [6, 6.07) is 0.0436. The molecule has 1 unspecified atom stereocenters. The van der Waals surface area contributed by atoms with E-state index in [1.54, 1.807) is 4.68 Å². The van der Waals surface area contributed by atoms with Gasteiger partial charge in [-0.15, -0.1) is 0 Å². The number of hydrogen-bond acceptors (Lipinski definition) is 3. The molecular weight excluding hydrogens is 270 g/mol. The summed E-state index contributed by atoms with van der Waals surface area (Å²) in [7, 11) is 1.88. The minimum absolute atomic E-state index is 0.0436. The molecule has 0 aliphatic carbocycles. The van der Waals surface area contributed by atoms with Crippen molar-refractivity contribution in [2.24, 2.45) is 7.05 Å². The first-order chi connectivity index (χ1) is 7.59. The van der Waals surface area contributed by atoms with Crippen LogP contribution in [-0.4, -0.2) is 28.2 Å². The topological polar surface area (TPSA) is 46.9 Å². The number of ketones is 1. The maximum atomic E-state index is 12.0. The van der Waals surface area contributed by atoms with E-state index in [0.717, 1.165) is 35.2 Å². The molecule has 0 spiro atoms. The number of halogens is 1. The van der Waals surface area contributed by atoms with E-state index >= 15 is 0 Å². The molecule has 1 atom stereocenters. The molecule has 0 saturated carbocycles. The maximum Gasteiger partial charge on any atom is 0.155 e. The molecule has 1 aliphatic rings. The minimum atomic E-state index is 0.0436. The van der Waals surface area contributed by atoms with Crippen molar-refractivity contribution in [3.05, 3.63) is 15.9 Å². The number of aromatic nitrogens is 2. The van der Waals surface area contributed by atoms with Crippen molar-refractivity contribution in [2.45, 2.75) is 32.2 Å². The molecule has 0 bridgehead atoms. The quantitative estimate of drug-likeness (QED) is 0.912. The second kappa shape index (κ2) is 4.67. The Labute approximate surface area is 104 Å². The third-order valence-corrected chi connectivity index (χ3v) is 4.08. The summed E-state index contributed by atoms with van der Waals surface area (Å²) in [5.41, 5.74) is 1.90. The van der Waals surface area contributed by atoms with Crippen molar-refractivity contribution in [3.63, 3.8) is 0 Å². The fourth-order valence-corrected chi connectivity index (χ4v) is 2.60. The van der Waals surface area contributed by atoms with Gasteiger partial charge in [0.05, 0.1) is 28.3 Å². The van der Waals surface area contributed by atoms with Crippen molar-refractivity contribution in [1.82, 2.24) is 15.1 Å². The predicted molar refractivity (Wildman–Crippen MR) is 65.4 cm³/mol. The highest BCUT2D eigenvalue weighted by atomic mass is 79.9. The van der Waals surface area contributed by atoms with Crippen LogP contribution in [0.4, 0.5) is 0 Å². The number of carbonyl (C=O) groups is 1. The van der Waals surface area contributed by atoms with Gasteiger partial charge in [0.2, 0.25) is 0 Å². The summed E-state index contributed by atoms with van der Waals surface area (Å²) < 4.78 is 2.74. The van der Waals surface area contributed by atoms with Crippen molar-refractivity contribution >= 4 is 21.7 Å². The molecule has 1 N–H and O–H groups in total. The Bertz CT molecular complexity index is 408. The second-order valence-corrected chi connectivity index (χ2v) is 5.05. The molecule has 0 amide bonds. The van der Waals surface area contributed by atoms with E-state index in [9.17, 15) is 4.79 Å². The zero-order valence-corrected chi connectivity index (χ0v) is 11.2. The van der Waals surface area contributed by atoms with Crippen molar-refractivity contribution in [3.8, 4) is 0 Å². The minimum Gasteiger partial charge on any atom is -0.307 e. The summed E-state index contributed by atoms with van der Waals surface area (Å²) in [5, 5.41) is 7.52. The van der Waals surface area contributed by atoms with E-state index < -0.39 is 0 Å². The first-order valence-electron chi connectivity index (χ1n) is 5.53. The third kappa shape index (κ3) is 2.20. The first-order valence-corrected chi connectivity index (χ1v) is 6.33. The van der Waals surface area contributed by atoms with Gasteiger partial charge < -0.3 is 5.32 Å². The van der Waals surface area contributed by atoms with E-state index in [-0.39, 0.29) is 11.8 Å². The Morgan fingerprint density at radius 3 is 2.94 bits per heavy atom. The van der Waals surface area contributed by atoms with Crippen molar-refractivity contribution in [1.29, 1.82) is 0 Å². The van der Waals surface area contributed by atoms with Crippen LogP contribution in [0.15, 0.2) is 4.47 Å². The number of Topliss-reactive ketones (excluding diaryl/α,β-unsaturated/α-hetero) is 1. The molecule has 5 heteroatoms. The average Bonchev–Trinajstić information content (AvgIpc) is 2.83. The van der Waals surface area contributed by atoms with Gasteiger partial charge in [-0.3, -0.25) is 9.48 Å². The standard InChI is InChI=1S/C11H16BrN3O/c1-7-11(12)9(15(2)14-7)6-10(16)8-4-3-5-13-8/h8,13H,3-6H2,1-2H3. The van der Waals surface area contributed by atoms with Gasteiger partial charge in [-0.05, 0) is 42.2 Å². The number of hydrogen-bond donors (Lipinski definition) is 1. The smallest absolute Gasteiger partial charge is 0.155 e. The molecule has 1 aromatic rings. The number of rotatable bonds is 3. The molecule has 16 heavy (non-hydrogen) atoms. The van der Waals surface area contributed by atoms with Crippen molar-refractivity contribution < 1.29 is 4.79 Å². The highest BCUT2D eigenvalue weighted by Crippen LogP contribution is 2.21. The molecule has 88 valence electrons. The summed E-state index contributed by atoms with van der Waals surface area (Å²) >= 11 is 3.48. The summed E-state index contributed by atoms with van der Waals surface area (Å²) in [5.74, 6) is 0.265. The average molecular weight is 286 g/mol. The molecule has 0 radical (unpaired) electrons. The number of nitrogens with one attached hydrogen (secondary N) is 1. The van der Waals surface area contributed by atoms with Gasteiger partial charge in [0.15, 0.2) is 5.78 Å². The normalized spacial score (nSPS) is 20.3. The lowest BCUT2D eigenvalue weighted by Gasteiger charge is -2.09. The van der Waals surface area contributed by atoms with E-state index in [4.69, 9.17) is 0 Å². The molecule has 1 fully saturated rings. The molecule has 1 saturated heterocycles. The molecule has 2 heterocycles.